The molecule has 2 aromatic carbocycles. The highest BCUT2D eigenvalue weighted by molar-refractivity contribution is 6.30. The summed E-state index contributed by atoms with van der Waals surface area (Å²) in [7, 11) is 0. The molecule has 12 nitrogen and oxygen atoms in total. The number of ether oxygens (including phenoxy) is 1. The van der Waals surface area contributed by atoms with Crippen LogP contribution in [0.3, 0.4) is 0 Å². The molecule has 0 spiro atoms. The zero-order valence-electron chi connectivity index (χ0n) is 30.6. The molecule has 2 saturated heterocycles. The quantitative estimate of drug-likeness (QED) is 0.310. The molecular weight excluding hydrogens is 684 g/mol. The fraction of sp³-hybridized carbons (Fsp3) is 0.564. The van der Waals surface area contributed by atoms with Crippen molar-refractivity contribution in [2.45, 2.75) is 96.5 Å². The highest BCUT2D eigenvalue weighted by atomic mass is 35.5. The monoisotopic (exact) mass is 736 g/mol. The molecule has 1 saturated carbocycles. The molecule has 0 aromatic heterocycles. The minimum absolute atomic E-state index is 0.0156. The van der Waals surface area contributed by atoms with Gasteiger partial charge < -0.3 is 36.2 Å². The summed E-state index contributed by atoms with van der Waals surface area (Å²) in [5, 5.41) is 3.34. The Balaban J connectivity index is 1.40. The SMILES string of the molecule is CC1CCC(N(C(=O)C(C)(C)C)[C@H]2C[C@@H](C(=O)NCC(N)C(=O)OCc3ccccc3)N(C(=O)[C@@H]3CN(C(N)=O)C[C@H]3c3ccc(Cl)cc3)C2)CC1. The standard InChI is InChI=1S/C39H53ClN6O6/c1-24-10-16-28(17-11-24)46(37(50)39(2,3)4)29-18-33(34(47)43-19-32(41)36(49)52-23-25-8-6-5-7-9-25)45(20-29)35(48)31-22-44(38(42)51)21-30(31)26-12-14-27(40)15-13-26/h5-9,12-15,24,28-33H,10-11,16-23,41H2,1-4H3,(H2,42,51)(H,43,47)/t24?,28?,29-,30-,31+,32?,33-/m0/s1. The van der Waals surface area contributed by atoms with Crippen molar-refractivity contribution in [3.8, 4) is 0 Å². The smallest absolute Gasteiger partial charge is 0.325 e. The number of rotatable bonds is 10. The van der Waals surface area contributed by atoms with E-state index in [1.54, 1.807) is 17.0 Å². The van der Waals surface area contributed by atoms with Gasteiger partial charge in [0.05, 0.1) is 12.0 Å². The van der Waals surface area contributed by atoms with Gasteiger partial charge in [-0.05, 0) is 61.3 Å². The van der Waals surface area contributed by atoms with Crippen molar-refractivity contribution in [3.05, 3.63) is 70.7 Å². The normalized spacial score (nSPS) is 25.3. The van der Waals surface area contributed by atoms with E-state index in [-0.39, 0.29) is 63.0 Å². The number of nitrogens with zero attached hydrogens (tertiary/aromatic N) is 3. The van der Waals surface area contributed by atoms with Crippen molar-refractivity contribution in [1.82, 2.24) is 20.0 Å². The van der Waals surface area contributed by atoms with E-state index in [1.807, 2.05) is 68.1 Å². The van der Waals surface area contributed by atoms with E-state index in [1.165, 1.54) is 4.90 Å². The van der Waals surface area contributed by atoms with Gasteiger partial charge in [-0.15, -0.1) is 0 Å². The zero-order chi connectivity index (χ0) is 37.7. The van der Waals surface area contributed by atoms with Gasteiger partial charge in [0.1, 0.15) is 18.7 Å². The van der Waals surface area contributed by atoms with E-state index in [9.17, 15) is 24.0 Å². The summed E-state index contributed by atoms with van der Waals surface area (Å²) in [4.78, 5) is 73.0. The van der Waals surface area contributed by atoms with Crippen LogP contribution >= 0.6 is 11.6 Å². The molecule has 1 unspecified atom stereocenters. The summed E-state index contributed by atoms with van der Waals surface area (Å²) in [6, 6.07) is 13.2. The molecule has 52 heavy (non-hydrogen) atoms. The predicted molar refractivity (Wildman–Crippen MR) is 198 cm³/mol. The van der Waals surface area contributed by atoms with E-state index in [0.29, 0.717) is 10.9 Å². The molecule has 2 aliphatic heterocycles. The van der Waals surface area contributed by atoms with Gasteiger partial charge in [0.15, 0.2) is 0 Å². The van der Waals surface area contributed by atoms with Crippen LogP contribution in [-0.4, -0.2) is 94.8 Å². The summed E-state index contributed by atoms with van der Waals surface area (Å²) < 4.78 is 5.37. The number of esters is 1. The summed E-state index contributed by atoms with van der Waals surface area (Å²) in [5.74, 6) is -1.99. The number of likely N-dealkylation sites (tertiary alicyclic amines) is 2. The first-order valence-corrected chi connectivity index (χ1v) is 18.7. The number of nitrogens with two attached hydrogens (primary N) is 2. The Kier molecular flexibility index (Phi) is 12.5. The maximum atomic E-state index is 14.7. The van der Waals surface area contributed by atoms with Gasteiger partial charge in [0, 0.05) is 48.6 Å². The molecule has 3 aliphatic rings. The molecule has 13 heteroatoms. The molecule has 5 atom stereocenters. The molecule has 3 fully saturated rings. The van der Waals surface area contributed by atoms with Crippen LogP contribution in [0.4, 0.5) is 4.79 Å². The van der Waals surface area contributed by atoms with Crippen molar-refractivity contribution in [3.63, 3.8) is 0 Å². The number of carbonyl (C=O) groups excluding carboxylic acids is 5. The number of halogens is 1. The predicted octanol–water partition coefficient (Wildman–Crippen LogP) is 4.04. The fourth-order valence-electron chi connectivity index (χ4n) is 7.79. The van der Waals surface area contributed by atoms with E-state index < -0.39 is 47.4 Å². The van der Waals surface area contributed by atoms with Crippen molar-refractivity contribution < 1.29 is 28.7 Å². The average molecular weight is 737 g/mol. The van der Waals surface area contributed by atoms with Crippen LogP contribution in [0.25, 0.3) is 0 Å². The van der Waals surface area contributed by atoms with Gasteiger partial charge in [0.2, 0.25) is 17.7 Å². The summed E-state index contributed by atoms with van der Waals surface area (Å²) in [6.45, 7) is 8.20. The molecular formula is C39H53ClN6O6. The number of hydrogen-bond donors (Lipinski definition) is 3. The third kappa shape index (κ3) is 9.25. The lowest BCUT2D eigenvalue weighted by Gasteiger charge is -2.42. The molecule has 2 heterocycles. The van der Waals surface area contributed by atoms with E-state index >= 15 is 0 Å². The van der Waals surface area contributed by atoms with Crippen LogP contribution in [-0.2, 0) is 30.5 Å². The minimum atomic E-state index is -1.13. The number of carbonyl (C=O) groups is 5. The van der Waals surface area contributed by atoms with Crippen LogP contribution in [0.1, 0.15) is 76.8 Å². The van der Waals surface area contributed by atoms with E-state index in [0.717, 1.165) is 36.8 Å². The van der Waals surface area contributed by atoms with Gasteiger partial charge in [-0.25, -0.2) is 4.79 Å². The Morgan fingerprint density at radius 1 is 0.942 bits per heavy atom. The number of amides is 5. The zero-order valence-corrected chi connectivity index (χ0v) is 31.4. The molecule has 0 bridgehead atoms. The number of primary amides is 1. The summed E-state index contributed by atoms with van der Waals surface area (Å²) in [5.41, 5.74) is 12.8. The Bertz CT molecular complexity index is 1590. The van der Waals surface area contributed by atoms with Crippen molar-refractivity contribution >= 4 is 41.3 Å². The lowest BCUT2D eigenvalue weighted by Crippen LogP contribution is -2.53. The fourth-order valence-corrected chi connectivity index (χ4v) is 7.91. The molecule has 282 valence electrons. The number of urea groups is 1. The van der Waals surface area contributed by atoms with Gasteiger partial charge in [-0.3, -0.25) is 19.2 Å². The van der Waals surface area contributed by atoms with Crippen LogP contribution in [0.5, 0.6) is 0 Å². The number of hydrogen-bond acceptors (Lipinski definition) is 7. The minimum Gasteiger partial charge on any atom is -0.460 e. The van der Waals surface area contributed by atoms with Crippen LogP contribution in [0.15, 0.2) is 54.6 Å². The highest BCUT2D eigenvalue weighted by Gasteiger charge is 2.50. The molecule has 5 rings (SSSR count). The second-order valence-electron chi connectivity index (χ2n) is 15.7. The first-order chi connectivity index (χ1) is 24.6. The lowest BCUT2D eigenvalue weighted by molar-refractivity contribution is -0.147. The number of nitrogens with one attached hydrogen (secondary N) is 1. The maximum absolute atomic E-state index is 14.7. The largest absolute Gasteiger partial charge is 0.460 e. The van der Waals surface area contributed by atoms with Crippen LogP contribution in [0.2, 0.25) is 5.02 Å². The molecule has 1 aliphatic carbocycles. The summed E-state index contributed by atoms with van der Waals surface area (Å²) >= 11 is 6.17. The first kappa shape index (κ1) is 39.1. The van der Waals surface area contributed by atoms with Crippen LogP contribution in [0, 0.1) is 17.3 Å². The maximum Gasteiger partial charge on any atom is 0.325 e. The van der Waals surface area contributed by atoms with E-state index in [2.05, 4.69) is 12.2 Å². The van der Waals surface area contributed by atoms with E-state index in [4.69, 9.17) is 27.8 Å². The Morgan fingerprint density at radius 2 is 1.60 bits per heavy atom. The Morgan fingerprint density at radius 3 is 2.21 bits per heavy atom. The van der Waals surface area contributed by atoms with Gasteiger partial charge in [0.25, 0.3) is 0 Å². The highest BCUT2D eigenvalue weighted by Crippen LogP contribution is 2.39. The van der Waals surface area contributed by atoms with Crippen LogP contribution < -0.4 is 16.8 Å². The third-order valence-electron chi connectivity index (χ3n) is 10.8. The topological polar surface area (TPSA) is 168 Å². The molecule has 0 radical (unpaired) electrons. The lowest BCUT2D eigenvalue weighted by atomic mass is 9.84. The van der Waals surface area contributed by atoms with Crippen molar-refractivity contribution in [2.24, 2.45) is 28.7 Å². The van der Waals surface area contributed by atoms with Gasteiger partial charge in [-0.2, -0.15) is 0 Å². The second-order valence-corrected chi connectivity index (χ2v) is 16.2. The number of benzene rings is 2. The first-order valence-electron chi connectivity index (χ1n) is 18.3. The average Bonchev–Trinajstić information content (AvgIpc) is 3.77. The summed E-state index contributed by atoms with van der Waals surface area (Å²) in [6.07, 6.45) is 3.89. The van der Waals surface area contributed by atoms with Crippen molar-refractivity contribution in [1.29, 1.82) is 0 Å². The third-order valence-corrected chi connectivity index (χ3v) is 11.0. The second kappa shape index (κ2) is 16.7. The molecule has 5 amide bonds. The molecule has 5 N–H and O–H groups in total. The Labute approximate surface area is 311 Å². The van der Waals surface area contributed by atoms with Gasteiger partial charge in [-0.1, -0.05) is 81.8 Å². The molecule has 2 aromatic rings. The Hall–Kier alpha value is -4.16. The van der Waals surface area contributed by atoms with Gasteiger partial charge >= 0.3 is 12.0 Å². The van der Waals surface area contributed by atoms with Crippen molar-refractivity contribution in [2.75, 3.05) is 26.2 Å².